The van der Waals surface area contributed by atoms with Crippen molar-refractivity contribution in [1.29, 1.82) is 0 Å². The lowest BCUT2D eigenvalue weighted by atomic mass is 10.0. The second-order valence-electron chi connectivity index (χ2n) is 6.99. The number of carbonyl (C=O) groups excluding carboxylic acids is 1. The lowest BCUT2D eigenvalue weighted by Crippen LogP contribution is -2.22. The minimum Gasteiger partial charge on any atom is -0.340 e. The van der Waals surface area contributed by atoms with Crippen LogP contribution in [0.15, 0.2) is 90.0 Å². The molecule has 4 nitrogen and oxygen atoms in total. The SMILES string of the molecule is Cn1c(C(=O)NN=C(c2ccccc2)c2ccc(C(F)(F)F)cc2)cc2ccccc21. The number of aryl methyl sites for hydroxylation is 1. The number of alkyl halides is 3. The summed E-state index contributed by atoms with van der Waals surface area (Å²) in [5.41, 5.74) is 4.61. The van der Waals surface area contributed by atoms with Crippen LogP contribution in [0.5, 0.6) is 0 Å². The lowest BCUT2D eigenvalue weighted by molar-refractivity contribution is -0.137. The van der Waals surface area contributed by atoms with Gasteiger partial charge in [-0.15, -0.1) is 0 Å². The normalized spacial score (nSPS) is 12.2. The van der Waals surface area contributed by atoms with Crippen molar-refractivity contribution in [2.75, 3.05) is 0 Å². The third-order valence-electron chi connectivity index (χ3n) is 4.99. The van der Waals surface area contributed by atoms with E-state index in [1.54, 1.807) is 41.9 Å². The lowest BCUT2D eigenvalue weighted by Gasteiger charge is -2.11. The molecule has 4 aromatic rings. The smallest absolute Gasteiger partial charge is 0.340 e. The Morgan fingerprint density at radius 3 is 2.13 bits per heavy atom. The minimum absolute atomic E-state index is 0.362. The Kier molecular flexibility index (Phi) is 5.33. The molecule has 0 spiro atoms. The second-order valence-corrected chi connectivity index (χ2v) is 6.99. The number of halogens is 3. The van der Waals surface area contributed by atoms with E-state index in [9.17, 15) is 18.0 Å². The van der Waals surface area contributed by atoms with Crippen molar-refractivity contribution in [2.45, 2.75) is 6.18 Å². The van der Waals surface area contributed by atoms with Crippen LogP contribution in [0.4, 0.5) is 13.2 Å². The maximum Gasteiger partial charge on any atom is 0.416 e. The minimum atomic E-state index is -4.43. The van der Waals surface area contributed by atoms with Crippen molar-refractivity contribution in [3.63, 3.8) is 0 Å². The van der Waals surface area contributed by atoms with Gasteiger partial charge in [-0.05, 0) is 24.3 Å². The zero-order chi connectivity index (χ0) is 22.0. The largest absolute Gasteiger partial charge is 0.416 e. The molecule has 1 N–H and O–H groups in total. The number of nitrogens with zero attached hydrogens (tertiary/aromatic N) is 2. The molecule has 0 aliphatic carbocycles. The molecule has 3 aromatic carbocycles. The maximum atomic E-state index is 12.9. The summed E-state index contributed by atoms with van der Waals surface area (Å²) in [6.45, 7) is 0. The van der Waals surface area contributed by atoms with E-state index in [1.165, 1.54) is 12.1 Å². The number of aromatic nitrogens is 1. The van der Waals surface area contributed by atoms with Crippen molar-refractivity contribution < 1.29 is 18.0 Å². The molecule has 1 amide bonds. The van der Waals surface area contributed by atoms with Gasteiger partial charge in [0.2, 0.25) is 0 Å². The van der Waals surface area contributed by atoms with Gasteiger partial charge >= 0.3 is 6.18 Å². The number of fused-ring (bicyclic) bond motifs is 1. The number of amides is 1. The number of nitrogens with one attached hydrogen (secondary N) is 1. The van der Waals surface area contributed by atoms with Gasteiger partial charge in [0.25, 0.3) is 5.91 Å². The van der Waals surface area contributed by atoms with Crippen LogP contribution in [-0.4, -0.2) is 16.2 Å². The molecule has 0 unspecified atom stereocenters. The first-order valence-corrected chi connectivity index (χ1v) is 9.50. The summed E-state index contributed by atoms with van der Waals surface area (Å²) in [5.74, 6) is -0.418. The first-order valence-electron chi connectivity index (χ1n) is 9.50. The third-order valence-corrected chi connectivity index (χ3v) is 4.99. The highest BCUT2D eigenvalue weighted by Gasteiger charge is 2.30. The van der Waals surface area contributed by atoms with Gasteiger partial charge in [-0.2, -0.15) is 18.3 Å². The van der Waals surface area contributed by atoms with E-state index < -0.39 is 17.6 Å². The predicted molar refractivity (Wildman–Crippen MR) is 114 cm³/mol. The Morgan fingerprint density at radius 1 is 0.871 bits per heavy atom. The fourth-order valence-electron chi connectivity index (χ4n) is 3.38. The van der Waals surface area contributed by atoms with Crippen molar-refractivity contribution >= 4 is 22.5 Å². The molecule has 0 fully saturated rings. The zero-order valence-corrected chi connectivity index (χ0v) is 16.5. The number of carbonyl (C=O) groups is 1. The van der Waals surface area contributed by atoms with Gasteiger partial charge in [0, 0.05) is 29.1 Å². The molecule has 0 aliphatic heterocycles. The van der Waals surface area contributed by atoms with E-state index in [4.69, 9.17) is 0 Å². The molecule has 156 valence electrons. The Labute approximate surface area is 176 Å². The average Bonchev–Trinajstić information content (AvgIpc) is 3.11. The number of hydrazone groups is 1. The van der Waals surface area contributed by atoms with Crippen molar-refractivity contribution in [3.8, 4) is 0 Å². The number of para-hydroxylation sites is 1. The summed E-state index contributed by atoms with van der Waals surface area (Å²) in [6, 6.07) is 23.0. The molecular weight excluding hydrogens is 403 g/mol. The van der Waals surface area contributed by atoms with Gasteiger partial charge in [0.05, 0.1) is 11.3 Å². The van der Waals surface area contributed by atoms with E-state index in [1.807, 2.05) is 30.3 Å². The van der Waals surface area contributed by atoms with Crippen LogP contribution in [0.2, 0.25) is 0 Å². The standard InChI is InChI=1S/C24H18F3N3O/c1-30-20-10-6-5-9-18(20)15-21(30)23(31)29-28-22(16-7-3-2-4-8-16)17-11-13-19(14-12-17)24(25,26)27/h2-15H,1H3,(H,29,31). The van der Waals surface area contributed by atoms with Crippen LogP contribution >= 0.6 is 0 Å². The fourth-order valence-corrected chi connectivity index (χ4v) is 3.38. The molecule has 4 rings (SSSR count). The molecule has 31 heavy (non-hydrogen) atoms. The highest BCUT2D eigenvalue weighted by Crippen LogP contribution is 2.29. The Balaban J connectivity index is 1.68. The number of rotatable bonds is 4. The van der Waals surface area contributed by atoms with Crippen LogP contribution < -0.4 is 5.43 Å². The Hall–Kier alpha value is -3.87. The van der Waals surface area contributed by atoms with Gasteiger partial charge in [-0.25, -0.2) is 5.43 Å². The van der Waals surface area contributed by atoms with Gasteiger partial charge in [-0.1, -0.05) is 60.7 Å². The summed E-state index contributed by atoms with van der Waals surface area (Å²) in [4.78, 5) is 12.8. The van der Waals surface area contributed by atoms with Crippen LogP contribution in [0.25, 0.3) is 10.9 Å². The fraction of sp³-hybridized carbons (Fsp3) is 0.0833. The van der Waals surface area contributed by atoms with Crippen molar-refractivity contribution in [2.24, 2.45) is 12.1 Å². The number of hydrogen-bond acceptors (Lipinski definition) is 2. The van der Waals surface area contributed by atoms with Gasteiger partial charge in [0.1, 0.15) is 5.69 Å². The van der Waals surface area contributed by atoms with Crippen molar-refractivity contribution in [3.05, 3.63) is 107 Å². The van der Waals surface area contributed by atoms with Gasteiger partial charge < -0.3 is 4.57 Å². The monoisotopic (exact) mass is 421 g/mol. The summed E-state index contributed by atoms with van der Waals surface area (Å²) < 4.78 is 40.5. The molecule has 1 heterocycles. The molecular formula is C24H18F3N3O. The summed E-state index contributed by atoms with van der Waals surface area (Å²) in [7, 11) is 1.79. The van der Waals surface area contributed by atoms with Crippen LogP contribution in [0.3, 0.4) is 0 Å². The zero-order valence-electron chi connectivity index (χ0n) is 16.5. The predicted octanol–water partition coefficient (Wildman–Crippen LogP) is 5.38. The second kappa shape index (κ2) is 8.10. The first kappa shape index (κ1) is 20.4. The van der Waals surface area contributed by atoms with Crippen molar-refractivity contribution in [1.82, 2.24) is 9.99 Å². The quantitative estimate of drug-likeness (QED) is 0.349. The Bertz CT molecular complexity index is 1260. The van der Waals surface area contributed by atoms with E-state index >= 15 is 0 Å². The van der Waals surface area contributed by atoms with E-state index in [2.05, 4.69) is 10.5 Å². The molecule has 0 bridgehead atoms. The van der Waals surface area contributed by atoms with Crippen LogP contribution in [0, 0.1) is 0 Å². The average molecular weight is 421 g/mol. The molecule has 0 atom stereocenters. The first-order chi connectivity index (χ1) is 14.8. The van der Waals surface area contributed by atoms with E-state index in [-0.39, 0.29) is 0 Å². The highest BCUT2D eigenvalue weighted by molar-refractivity contribution is 6.13. The molecule has 0 radical (unpaired) electrons. The maximum absolute atomic E-state index is 12.9. The topological polar surface area (TPSA) is 46.4 Å². The molecule has 1 aromatic heterocycles. The Morgan fingerprint density at radius 2 is 1.48 bits per heavy atom. The van der Waals surface area contributed by atoms with E-state index in [0.717, 1.165) is 23.0 Å². The summed E-state index contributed by atoms with van der Waals surface area (Å²) >= 11 is 0. The van der Waals surface area contributed by atoms with Gasteiger partial charge in [-0.3, -0.25) is 4.79 Å². The third kappa shape index (κ3) is 4.21. The van der Waals surface area contributed by atoms with Crippen LogP contribution in [-0.2, 0) is 13.2 Å². The van der Waals surface area contributed by atoms with Gasteiger partial charge in [0.15, 0.2) is 0 Å². The van der Waals surface area contributed by atoms with Crippen LogP contribution in [0.1, 0.15) is 27.2 Å². The number of hydrogen-bond donors (Lipinski definition) is 1. The molecule has 7 heteroatoms. The summed E-state index contributed by atoms with van der Waals surface area (Å²) in [5, 5.41) is 5.19. The molecule has 0 saturated heterocycles. The molecule has 0 aliphatic rings. The highest BCUT2D eigenvalue weighted by atomic mass is 19.4. The number of benzene rings is 3. The van der Waals surface area contributed by atoms with E-state index in [0.29, 0.717) is 22.5 Å². The summed E-state index contributed by atoms with van der Waals surface area (Å²) in [6.07, 6.45) is -4.43. The molecule has 0 saturated carbocycles.